The van der Waals surface area contributed by atoms with Gasteiger partial charge in [-0.1, -0.05) is 12.8 Å². The summed E-state index contributed by atoms with van der Waals surface area (Å²) in [6, 6.07) is -0.0109. The van der Waals surface area contributed by atoms with Crippen LogP contribution < -0.4 is 10.6 Å². The van der Waals surface area contributed by atoms with Crippen LogP contribution in [0, 0.1) is 5.92 Å². The van der Waals surface area contributed by atoms with Gasteiger partial charge in [0.05, 0.1) is 18.1 Å². The van der Waals surface area contributed by atoms with Gasteiger partial charge in [-0.25, -0.2) is 0 Å². The van der Waals surface area contributed by atoms with Crippen LogP contribution in [0.3, 0.4) is 0 Å². The van der Waals surface area contributed by atoms with Crippen molar-refractivity contribution in [2.24, 2.45) is 5.92 Å². The highest BCUT2D eigenvalue weighted by Crippen LogP contribution is 2.19. The van der Waals surface area contributed by atoms with Gasteiger partial charge in [0.1, 0.15) is 0 Å². The quantitative estimate of drug-likeness (QED) is 0.691. The molecule has 17 heavy (non-hydrogen) atoms. The highest BCUT2D eigenvalue weighted by Gasteiger charge is 2.28. The van der Waals surface area contributed by atoms with E-state index >= 15 is 0 Å². The number of carbonyl (C=O) groups is 1. The first-order valence-electron chi connectivity index (χ1n) is 6.46. The van der Waals surface area contributed by atoms with E-state index in [0.717, 1.165) is 51.6 Å². The van der Waals surface area contributed by atoms with Gasteiger partial charge < -0.3 is 15.7 Å². The lowest BCUT2D eigenvalue weighted by Crippen LogP contribution is -2.49. The monoisotopic (exact) mass is 262 g/mol. The summed E-state index contributed by atoms with van der Waals surface area (Å²) in [5.41, 5.74) is 0. The first kappa shape index (κ1) is 14.7. The lowest BCUT2D eigenvalue weighted by Gasteiger charge is -2.31. The number of aliphatic hydroxyl groups is 1. The second kappa shape index (κ2) is 7.19. The lowest BCUT2D eigenvalue weighted by atomic mass is 9.91. The summed E-state index contributed by atoms with van der Waals surface area (Å²) < 4.78 is 0. The minimum absolute atomic E-state index is 0. The molecule has 4 nitrogen and oxygen atoms in total. The molecular formula is C12H23ClN2O2. The Hall–Kier alpha value is -0.320. The summed E-state index contributed by atoms with van der Waals surface area (Å²) in [7, 11) is 0. The Morgan fingerprint density at radius 2 is 1.94 bits per heavy atom. The van der Waals surface area contributed by atoms with Crippen molar-refractivity contribution < 1.29 is 9.90 Å². The molecule has 3 N–H and O–H groups in total. The van der Waals surface area contributed by atoms with E-state index in [1.165, 1.54) is 0 Å². The third kappa shape index (κ3) is 4.12. The maximum Gasteiger partial charge on any atom is 0.224 e. The zero-order valence-corrected chi connectivity index (χ0v) is 11.0. The molecule has 3 atom stereocenters. The van der Waals surface area contributed by atoms with Crippen LogP contribution in [0.4, 0.5) is 0 Å². The van der Waals surface area contributed by atoms with Crippen LogP contribution in [0.15, 0.2) is 0 Å². The molecule has 2 rings (SSSR count). The summed E-state index contributed by atoms with van der Waals surface area (Å²) >= 11 is 0. The van der Waals surface area contributed by atoms with Gasteiger partial charge in [0.15, 0.2) is 0 Å². The van der Waals surface area contributed by atoms with Gasteiger partial charge in [0.25, 0.3) is 0 Å². The Balaban J connectivity index is 0.00000144. The van der Waals surface area contributed by atoms with E-state index in [4.69, 9.17) is 0 Å². The third-order valence-electron chi connectivity index (χ3n) is 3.72. The summed E-state index contributed by atoms with van der Waals surface area (Å²) in [5.74, 6) is 0.223. The first-order valence-corrected chi connectivity index (χ1v) is 6.46. The van der Waals surface area contributed by atoms with Crippen molar-refractivity contribution in [2.45, 2.75) is 50.7 Å². The van der Waals surface area contributed by atoms with Crippen LogP contribution >= 0.6 is 12.4 Å². The largest absolute Gasteiger partial charge is 0.391 e. The molecule has 1 aliphatic heterocycles. The zero-order valence-electron chi connectivity index (χ0n) is 10.2. The molecule has 1 aliphatic carbocycles. The third-order valence-corrected chi connectivity index (χ3v) is 3.72. The fraction of sp³-hybridized carbons (Fsp3) is 0.917. The van der Waals surface area contributed by atoms with Gasteiger partial charge in [-0.05, 0) is 32.2 Å². The van der Waals surface area contributed by atoms with Crippen molar-refractivity contribution >= 4 is 18.3 Å². The van der Waals surface area contributed by atoms with E-state index < -0.39 is 0 Å². The van der Waals surface area contributed by atoms with Crippen molar-refractivity contribution in [1.82, 2.24) is 10.6 Å². The maximum atomic E-state index is 11.9. The van der Waals surface area contributed by atoms with Crippen LogP contribution in [-0.2, 0) is 4.79 Å². The molecule has 2 aliphatic rings. The summed E-state index contributed by atoms with van der Waals surface area (Å²) in [5, 5.41) is 16.0. The Bertz CT molecular complexity index is 245. The number of carbonyl (C=O) groups excluding carboxylic acids is 1. The van der Waals surface area contributed by atoms with Gasteiger partial charge in [-0.15, -0.1) is 12.4 Å². The molecule has 0 bridgehead atoms. The van der Waals surface area contributed by atoms with E-state index in [-0.39, 0.29) is 36.4 Å². The molecule has 1 amide bonds. The molecule has 1 unspecified atom stereocenters. The molecule has 1 heterocycles. The first-order chi connectivity index (χ1) is 7.77. The normalized spacial score (nSPS) is 33.6. The van der Waals surface area contributed by atoms with Gasteiger partial charge in [-0.2, -0.15) is 0 Å². The lowest BCUT2D eigenvalue weighted by molar-refractivity contribution is -0.127. The molecule has 0 aromatic carbocycles. The molecule has 100 valence electrons. The van der Waals surface area contributed by atoms with Crippen molar-refractivity contribution in [3.8, 4) is 0 Å². The predicted molar refractivity (Wildman–Crippen MR) is 69.2 cm³/mol. The van der Waals surface area contributed by atoms with Crippen molar-refractivity contribution in [1.29, 1.82) is 0 Å². The number of rotatable bonds is 2. The minimum Gasteiger partial charge on any atom is -0.391 e. The maximum absolute atomic E-state index is 11.9. The highest BCUT2D eigenvalue weighted by atomic mass is 35.5. The van der Waals surface area contributed by atoms with Gasteiger partial charge in [0, 0.05) is 6.54 Å². The van der Waals surface area contributed by atoms with E-state index in [0.29, 0.717) is 0 Å². The molecule has 0 aromatic heterocycles. The second-order valence-electron chi connectivity index (χ2n) is 5.01. The van der Waals surface area contributed by atoms with Crippen LogP contribution in [0.5, 0.6) is 0 Å². The van der Waals surface area contributed by atoms with Crippen LogP contribution in [0.2, 0.25) is 0 Å². The molecule has 1 saturated heterocycles. The Morgan fingerprint density at radius 3 is 2.59 bits per heavy atom. The SMILES string of the molecule is Cl.O=C(N[C@@H]1CCCC[C@H]1O)C1CCCNC1. The molecule has 1 saturated carbocycles. The van der Waals surface area contributed by atoms with Gasteiger partial charge in [-0.3, -0.25) is 4.79 Å². The van der Waals surface area contributed by atoms with Gasteiger partial charge >= 0.3 is 0 Å². The highest BCUT2D eigenvalue weighted by molar-refractivity contribution is 5.85. The minimum atomic E-state index is -0.339. The number of hydrogen-bond donors (Lipinski definition) is 3. The number of hydrogen-bond acceptors (Lipinski definition) is 3. The molecule has 5 heteroatoms. The van der Waals surface area contributed by atoms with Gasteiger partial charge in [0.2, 0.25) is 5.91 Å². The molecular weight excluding hydrogens is 240 g/mol. The van der Waals surface area contributed by atoms with Crippen molar-refractivity contribution in [3.63, 3.8) is 0 Å². The Morgan fingerprint density at radius 1 is 1.18 bits per heavy atom. The van der Waals surface area contributed by atoms with Crippen molar-refractivity contribution in [2.75, 3.05) is 13.1 Å². The number of nitrogens with one attached hydrogen (secondary N) is 2. The average Bonchev–Trinajstić information content (AvgIpc) is 2.33. The smallest absolute Gasteiger partial charge is 0.224 e. The molecule has 0 spiro atoms. The number of aliphatic hydroxyl groups excluding tert-OH is 1. The Kier molecular flexibility index (Phi) is 6.23. The van der Waals surface area contributed by atoms with Crippen molar-refractivity contribution in [3.05, 3.63) is 0 Å². The average molecular weight is 263 g/mol. The number of halogens is 1. The summed E-state index contributed by atoms with van der Waals surface area (Å²) in [6.07, 6.45) is 5.66. The fourth-order valence-corrected chi connectivity index (χ4v) is 2.66. The Labute approximate surface area is 109 Å². The number of piperidine rings is 1. The van der Waals surface area contributed by atoms with Crippen LogP contribution in [0.1, 0.15) is 38.5 Å². The fourth-order valence-electron chi connectivity index (χ4n) is 2.66. The topological polar surface area (TPSA) is 61.4 Å². The molecule has 2 fully saturated rings. The van der Waals surface area contributed by atoms with E-state index in [1.807, 2.05) is 0 Å². The second-order valence-corrected chi connectivity index (χ2v) is 5.01. The van der Waals surface area contributed by atoms with E-state index in [1.54, 1.807) is 0 Å². The standard InChI is InChI=1S/C12H22N2O2.ClH/c15-11-6-2-1-5-10(11)14-12(16)9-4-3-7-13-8-9;/h9-11,13,15H,1-8H2,(H,14,16);1H/t9?,10-,11-;/m1./s1. The van der Waals surface area contributed by atoms with Crippen LogP contribution in [0.25, 0.3) is 0 Å². The van der Waals surface area contributed by atoms with E-state index in [2.05, 4.69) is 10.6 Å². The van der Waals surface area contributed by atoms with E-state index in [9.17, 15) is 9.90 Å². The summed E-state index contributed by atoms with van der Waals surface area (Å²) in [6.45, 7) is 1.81. The number of amides is 1. The predicted octanol–water partition coefficient (Wildman–Crippen LogP) is 0.827. The summed E-state index contributed by atoms with van der Waals surface area (Å²) in [4.78, 5) is 11.9. The zero-order chi connectivity index (χ0) is 11.4. The molecule has 0 aromatic rings. The molecule has 0 radical (unpaired) electrons. The van der Waals surface area contributed by atoms with Crippen LogP contribution in [-0.4, -0.2) is 36.2 Å².